The van der Waals surface area contributed by atoms with Crippen LogP contribution in [0.2, 0.25) is 0 Å². The first-order chi connectivity index (χ1) is 13.0. The van der Waals surface area contributed by atoms with Gasteiger partial charge in [0.1, 0.15) is 17.2 Å². The van der Waals surface area contributed by atoms with Crippen molar-refractivity contribution in [2.75, 3.05) is 23.7 Å². The van der Waals surface area contributed by atoms with Gasteiger partial charge in [-0.15, -0.1) is 0 Å². The zero-order valence-corrected chi connectivity index (χ0v) is 14.0. The maximum absolute atomic E-state index is 13.0. The Hall–Kier alpha value is -3.67. The Labute approximate surface area is 153 Å². The maximum atomic E-state index is 13.0. The average Bonchev–Trinajstić information content (AvgIpc) is 3.08. The van der Waals surface area contributed by atoms with Gasteiger partial charge in [0.25, 0.3) is 11.8 Å². The van der Waals surface area contributed by atoms with Crippen molar-refractivity contribution in [1.29, 1.82) is 5.26 Å². The maximum Gasteiger partial charge on any atom is 0.274 e. The molecule has 2 aliphatic rings. The van der Waals surface area contributed by atoms with Crippen LogP contribution in [-0.4, -0.2) is 40.4 Å². The molecule has 4 rings (SSSR count). The highest BCUT2D eigenvalue weighted by molar-refractivity contribution is 6.04. The molecule has 136 valence electrons. The molecule has 1 aromatic heterocycles. The first-order valence-corrected chi connectivity index (χ1v) is 8.22. The second-order valence-electron chi connectivity index (χ2n) is 6.33. The van der Waals surface area contributed by atoms with Gasteiger partial charge in [-0.2, -0.15) is 5.26 Å². The van der Waals surface area contributed by atoms with Crippen LogP contribution >= 0.6 is 0 Å². The molecule has 2 aromatic rings. The van der Waals surface area contributed by atoms with Crippen molar-refractivity contribution >= 4 is 23.2 Å². The van der Waals surface area contributed by atoms with Crippen LogP contribution in [0.15, 0.2) is 36.4 Å². The third-order valence-corrected chi connectivity index (χ3v) is 4.52. The van der Waals surface area contributed by atoms with E-state index in [0.717, 1.165) is 0 Å². The lowest BCUT2D eigenvalue weighted by molar-refractivity contribution is -0.131. The molecule has 1 fully saturated rings. The number of rotatable bonds is 2. The van der Waals surface area contributed by atoms with Gasteiger partial charge in [-0.3, -0.25) is 9.59 Å². The summed E-state index contributed by atoms with van der Waals surface area (Å²) < 4.78 is 18.8. The van der Waals surface area contributed by atoms with Crippen LogP contribution < -0.4 is 15.4 Å². The number of hydrogen-bond acceptors (Lipinski definition) is 6. The van der Waals surface area contributed by atoms with Crippen LogP contribution in [0.1, 0.15) is 16.9 Å². The van der Waals surface area contributed by atoms with Crippen LogP contribution in [0.3, 0.4) is 0 Å². The number of fused-ring (bicyclic) bond motifs is 1. The molecule has 1 aromatic carbocycles. The van der Waals surface area contributed by atoms with Gasteiger partial charge >= 0.3 is 0 Å². The van der Waals surface area contributed by atoms with E-state index >= 15 is 0 Å². The van der Waals surface area contributed by atoms with E-state index < -0.39 is 17.3 Å². The fourth-order valence-corrected chi connectivity index (χ4v) is 3.07. The molecule has 1 spiro atoms. The Bertz CT molecular complexity index is 972. The fraction of sp³-hybridized carbons (Fsp3) is 0.222. The van der Waals surface area contributed by atoms with Crippen LogP contribution in [0.25, 0.3) is 0 Å². The summed E-state index contributed by atoms with van der Waals surface area (Å²) in [7, 11) is 0. The second-order valence-corrected chi connectivity index (χ2v) is 6.33. The van der Waals surface area contributed by atoms with Crippen molar-refractivity contribution in [1.82, 2.24) is 9.88 Å². The molecule has 2 aliphatic heterocycles. The van der Waals surface area contributed by atoms with Crippen molar-refractivity contribution in [3.8, 4) is 12.1 Å². The predicted octanol–water partition coefficient (Wildman–Crippen LogP) is 1.73. The van der Waals surface area contributed by atoms with Gasteiger partial charge < -0.3 is 20.3 Å². The quantitative estimate of drug-likeness (QED) is 0.783. The third kappa shape index (κ3) is 3.01. The molecular weight excluding hydrogens is 353 g/mol. The number of pyridine rings is 1. The van der Waals surface area contributed by atoms with Gasteiger partial charge in [0.15, 0.2) is 6.19 Å². The minimum Gasteiger partial charge on any atom is -0.457 e. The summed E-state index contributed by atoms with van der Waals surface area (Å²) in [6, 6.07) is 8.33. The standard InChI is InChI=1S/C18H14FN5O3/c19-11-1-3-12(4-2-11)21-15(25)13-5-6-14-16(22-13)27-18(17(26)23-14)7-8-24(9-18)10-20/h1-6H,7-9H2,(H,21,25)(H,23,26). The van der Waals surface area contributed by atoms with E-state index in [1.165, 1.54) is 41.3 Å². The van der Waals surface area contributed by atoms with Crippen molar-refractivity contribution in [2.45, 2.75) is 12.0 Å². The SMILES string of the molecule is N#CN1CCC2(C1)Oc1nc(C(=O)Nc3ccc(F)cc3)ccc1NC2=O. The van der Waals surface area contributed by atoms with Crippen LogP contribution in [-0.2, 0) is 4.79 Å². The number of nitrogens with zero attached hydrogens (tertiary/aromatic N) is 3. The summed E-state index contributed by atoms with van der Waals surface area (Å²) in [4.78, 5) is 30.5. The first-order valence-electron chi connectivity index (χ1n) is 8.22. The van der Waals surface area contributed by atoms with Crippen molar-refractivity contribution < 1.29 is 18.7 Å². The number of benzene rings is 1. The topological polar surface area (TPSA) is 107 Å². The van der Waals surface area contributed by atoms with E-state index in [1.54, 1.807) is 0 Å². The van der Waals surface area contributed by atoms with E-state index in [0.29, 0.717) is 24.3 Å². The summed E-state index contributed by atoms with van der Waals surface area (Å²) in [6.45, 7) is 0.534. The number of nitriles is 1. The Morgan fingerprint density at radius 2 is 2.11 bits per heavy atom. The van der Waals surface area contributed by atoms with E-state index in [-0.39, 0.29) is 24.0 Å². The summed E-state index contributed by atoms with van der Waals surface area (Å²) in [5.41, 5.74) is -0.326. The summed E-state index contributed by atoms with van der Waals surface area (Å²) in [5.74, 6) is -1.11. The zero-order chi connectivity index (χ0) is 19.0. The van der Waals surface area contributed by atoms with Gasteiger partial charge in [-0.05, 0) is 36.4 Å². The molecule has 2 N–H and O–H groups in total. The fourth-order valence-electron chi connectivity index (χ4n) is 3.07. The number of amides is 2. The number of nitrogens with one attached hydrogen (secondary N) is 2. The van der Waals surface area contributed by atoms with Crippen LogP contribution in [0, 0.1) is 17.3 Å². The van der Waals surface area contributed by atoms with E-state index in [1.807, 2.05) is 6.19 Å². The third-order valence-electron chi connectivity index (χ3n) is 4.52. The Balaban J connectivity index is 1.57. The number of halogens is 1. The van der Waals surface area contributed by atoms with E-state index in [4.69, 9.17) is 10.00 Å². The molecule has 27 heavy (non-hydrogen) atoms. The number of likely N-dealkylation sites (tertiary alicyclic amines) is 1. The Morgan fingerprint density at radius 1 is 1.33 bits per heavy atom. The minimum atomic E-state index is -1.19. The molecule has 0 saturated carbocycles. The number of carbonyl (C=O) groups excluding carboxylic acids is 2. The van der Waals surface area contributed by atoms with Gasteiger partial charge in [0.2, 0.25) is 11.5 Å². The molecule has 1 saturated heterocycles. The number of anilines is 2. The number of aromatic nitrogens is 1. The largest absolute Gasteiger partial charge is 0.457 e. The highest BCUT2D eigenvalue weighted by Crippen LogP contribution is 2.36. The normalized spacial score (nSPS) is 20.4. The first kappa shape index (κ1) is 16.8. The molecule has 0 bridgehead atoms. The van der Waals surface area contributed by atoms with Gasteiger partial charge in [0.05, 0.1) is 6.54 Å². The van der Waals surface area contributed by atoms with Gasteiger partial charge in [-0.25, -0.2) is 9.37 Å². The summed E-state index contributed by atoms with van der Waals surface area (Å²) in [6.07, 6.45) is 2.35. The van der Waals surface area contributed by atoms with Crippen LogP contribution in [0.4, 0.5) is 15.8 Å². The predicted molar refractivity (Wildman–Crippen MR) is 92.4 cm³/mol. The molecule has 1 atom stereocenters. The molecule has 2 amide bonds. The molecule has 8 nitrogen and oxygen atoms in total. The molecule has 1 unspecified atom stereocenters. The number of hydrogen-bond donors (Lipinski definition) is 2. The molecule has 0 radical (unpaired) electrons. The average molecular weight is 367 g/mol. The van der Waals surface area contributed by atoms with Gasteiger partial charge in [-0.1, -0.05) is 0 Å². The number of carbonyl (C=O) groups is 2. The van der Waals surface area contributed by atoms with Crippen LogP contribution in [0.5, 0.6) is 5.88 Å². The molecular formula is C18H14FN5O3. The zero-order valence-electron chi connectivity index (χ0n) is 14.0. The lowest BCUT2D eigenvalue weighted by atomic mass is 10.0. The highest BCUT2D eigenvalue weighted by atomic mass is 19.1. The lowest BCUT2D eigenvalue weighted by Gasteiger charge is -2.33. The molecule has 9 heteroatoms. The van der Waals surface area contributed by atoms with Crippen molar-refractivity contribution in [3.05, 3.63) is 47.9 Å². The second kappa shape index (κ2) is 6.25. The monoisotopic (exact) mass is 367 g/mol. The summed E-state index contributed by atoms with van der Waals surface area (Å²) >= 11 is 0. The Morgan fingerprint density at radius 3 is 2.81 bits per heavy atom. The number of ether oxygens (including phenoxy) is 1. The summed E-state index contributed by atoms with van der Waals surface area (Å²) in [5, 5.41) is 14.4. The minimum absolute atomic E-state index is 0.0829. The molecule has 3 heterocycles. The lowest BCUT2D eigenvalue weighted by Crippen LogP contribution is -2.52. The van der Waals surface area contributed by atoms with E-state index in [9.17, 15) is 14.0 Å². The smallest absolute Gasteiger partial charge is 0.274 e. The van der Waals surface area contributed by atoms with Crippen molar-refractivity contribution in [3.63, 3.8) is 0 Å². The van der Waals surface area contributed by atoms with Crippen molar-refractivity contribution in [2.24, 2.45) is 0 Å². The highest BCUT2D eigenvalue weighted by Gasteiger charge is 2.50. The van der Waals surface area contributed by atoms with Gasteiger partial charge in [0, 0.05) is 18.7 Å². The Kier molecular flexibility index (Phi) is 3.88. The van der Waals surface area contributed by atoms with E-state index in [2.05, 4.69) is 15.6 Å². The molecule has 0 aliphatic carbocycles.